The maximum absolute atomic E-state index is 5.28. The molecule has 0 aliphatic carbocycles. The van der Waals surface area contributed by atoms with Gasteiger partial charge in [-0.3, -0.25) is 0 Å². The summed E-state index contributed by atoms with van der Waals surface area (Å²) < 4.78 is 0. The van der Waals surface area contributed by atoms with Crippen molar-refractivity contribution in [2.24, 2.45) is 0 Å². The van der Waals surface area contributed by atoms with Crippen LogP contribution in [0.5, 0.6) is 0 Å². The molecule has 0 aromatic carbocycles. The maximum Gasteiger partial charge on any atom is -0.0313 e. The summed E-state index contributed by atoms with van der Waals surface area (Å²) in [5, 5.41) is 0. The molecule has 0 N–H and O–H groups in total. The second-order valence-electron chi connectivity index (χ2n) is 3.92. The highest BCUT2D eigenvalue weighted by Gasteiger charge is 1.88. The van der Waals surface area contributed by atoms with Crippen LogP contribution in [0.25, 0.3) is 0 Å². The maximum atomic E-state index is 5.28. The molecule has 0 aromatic rings. The third-order valence-corrected chi connectivity index (χ3v) is 2.45. The lowest BCUT2D eigenvalue weighted by Crippen LogP contribution is -1.78. The predicted octanol–water partition coefficient (Wildman–Crippen LogP) is 5.23. The van der Waals surface area contributed by atoms with E-state index in [9.17, 15) is 0 Å². The van der Waals surface area contributed by atoms with Crippen molar-refractivity contribution < 1.29 is 0 Å². The highest BCUT2D eigenvalue weighted by molar-refractivity contribution is 4.83. The van der Waals surface area contributed by atoms with Gasteiger partial charge in [0.05, 0.1) is 0 Å². The van der Waals surface area contributed by atoms with E-state index in [4.69, 9.17) is 6.58 Å². The molecular weight excluding hydrogens is 180 g/mol. The summed E-state index contributed by atoms with van der Waals surface area (Å²) in [6.07, 6.45) is 19.5. The largest absolute Gasteiger partial charge is 0.103 e. The minimum Gasteiger partial charge on any atom is -0.103 e. The summed E-state index contributed by atoms with van der Waals surface area (Å²) >= 11 is 0. The fourth-order valence-electron chi connectivity index (χ4n) is 1.51. The van der Waals surface area contributed by atoms with E-state index in [1.807, 2.05) is 6.08 Å². The average molecular weight is 205 g/mol. The molecule has 0 fully saturated rings. The lowest BCUT2D eigenvalue weighted by atomic mass is 10.1. The van der Waals surface area contributed by atoms with E-state index in [0.717, 1.165) is 12.8 Å². The molecule has 0 unspecified atom stereocenters. The fraction of sp³-hybridized carbons (Fsp3) is 0.600. The zero-order valence-corrected chi connectivity index (χ0v) is 9.96. The summed E-state index contributed by atoms with van der Waals surface area (Å²) in [6.45, 7) is 9.01. The minimum atomic E-state index is 0.998. The number of allylic oxidation sites excluding steroid dienone is 4. The fourth-order valence-corrected chi connectivity index (χ4v) is 1.51. The van der Waals surface area contributed by atoms with Gasteiger partial charge in [-0.05, 0) is 38.5 Å². The Hall–Kier alpha value is -0.780. The lowest BCUT2D eigenvalue weighted by molar-refractivity contribution is 0.622. The molecule has 1 radical (unpaired) electrons. The highest BCUT2D eigenvalue weighted by Crippen LogP contribution is 2.07. The Balaban J connectivity index is 3.00. The molecule has 0 bridgehead atoms. The summed E-state index contributed by atoms with van der Waals surface area (Å²) in [6, 6.07) is 0. The second-order valence-corrected chi connectivity index (χ2v) is 3.92. The second kappa shape index (κ2) is 13.2. The normalized spacial score (nSPS) is 10.7. The van der Waals surface area contributed by atoms with Crippen LogP contribution >= 0.6 is 0 Å². The molecule has 0 saturated heterocycles. The van der Waals surface area contributed by atoms with Gasteiger partial charge in [0.25, 0.3) is 0 Å². The first-order valence-corrected chi connectivity index (χ1v) is 6.21. The van der Waals surface area contributed by atoms with Gasteiger partial charge >= 0.3 is 0 Å². The first-order valence-electron chi connectivity index (χ1n) is 6.21. The van der Waals surface area contributed by atoms with Crippen LogP contribution in [0.4, 0.5) is 0 Å². The number of rotatable bonds is 11. The summed E-state index contributed by atoms with van der Waals surface area (Å²) in [7, 11) is 0. The summed E-state index contributed by atoms with van der Waals surface area (Å²) in [4.78, 5) is 0. The van der Waals surface area contributed by atoms with Crippen molar-refractivity contribution in [1.82, 2.24) is 0 Å². The number of unbranched alkanes of at least 4 members (excludes halogenated alkanes) is 7. The monoisotopic (exact) mass is 205 g/mol. The Bertz CT molecular complexity index is 165. The van der Waals surface area contributed by atoms with Crippen LogP contribution in [0.2, 0.25) is 0 Å². The summed E-state index contributed by atoms with van der Waals surface area (Å²) in [5.74, 6) is 0. The van der Waals surface area contributed by atoms with Gasteiger partial charge in [0.15, 0.2) is 0 Å². The molecule has 0 heteroatoms. The number of hydrogen-bond donors (Lipinski definition) is 0. The van der Waals surface area contributed by atoms with Crippen LogP contribution in [0.1, 0.15) is 57.8 Å². The van der Waals surface area contributed by atoms with Gasteiger partial charge in [-0.1, -0.05) is 50.1 Å². The Labute approximate surface area is 95.8 Å². The van der Waals surface area contributed by atoms with E-state index in [2.05, 4.69) is 18.7 Å². The molecule has 0 heterocycles. The topological polar surface area (TPSA) is 0 Å². The molecule has 85 valence electrons. The Morgan fingerprint density at radius 1 is 0.733 bits per heavy atom. The molecule has 0 amide bonds. The van der Waals surface area contributed by atoms with Crippen molar-refractivity contribution in [3.05, 3.63) is 37.5 Å². The lowest BCUT2D eigenvalue weighted by Gasteiger charge is -1.97. The molecule has 15 heavy (non-hydrogen) atoms. The average Bonchev–Trinajstić information content (AvgIpc) is 2.26. The van der Waals surface area contributed by atoms with Crippen molar-refractivity contribution in [3.8, 4) is 0 Å². The van der Waals surface area contributed by atoms with Crippen LogP contribution in [-0.2, 0) is 0 Å². The van der Waals surface area contributed by atoms with E-state index >= 15 is 0 Å². The third-order valence-electron chi connectivity index (χ3n) is 2.45. The molecule has 0 atom stereocenters. The van der Waals surface area contributed by atoms with Crippen LogP contribution in [-0.4, -0.2) is 0 Å². The molecule has 0 spiro atoms. The van der Waals surface area contributed by atoms with Gasteiger partial charge in [0.2, 0.25) is 0 Å². The first-order chi connectivity index (χ1) is 7.41. The molecule has 0 nitrogen and oxygen atoms in total. The van der Waals surface area contributed by atoms with Gasteiger partial charge in [0, 0.05) is 0 Å². The molecular formula is C15H25. The quantitative estimate of drug-likeness (QED) is 0.320. The van der Waals surface area contributed by atoms with E-state index in [0.29, 0.717) is 0 Å². The van der Waals surface area contributed by atoms with Crippen molar-refractivity contribution in [2.75, 3.05) is 0 Å². The molecule has 0 aliphatic heterocycles. The van der Waals surface area contributed by atoms with Crippen LogP contribution < -0.4 is 0 Å². The van der Waals surface area contributed by atoms with Gasteiger partial charge in [-0.25, -0.2) is 0 Å². The van der Waals surface area contributed by atoms with Crippen molar-refractivity contribution in [1.29, 1.82) is 0 Å². The van der Waals surface area contributed by atoms with Crippen LogP contribution in [0, 0.1) is 6.58 Å². The SMILES string of the molecule is [CH]=CCCC=CCCCCCCCC=C. The highest BCUT2D eigenvalue weighted by atomic mass is 13.9. The Morgan fingerprint density at radius 2 is 1.33 bits per heavy atom. The molecule has 0 rings (SSSR count). The van der Waals surface area contributed by atoms with Gasteiger partial charge in [-0.15, -0.1) is 6.58 Å². The Kier molecular flexibility index (Phi) is 12.5. The van der Waals surface area contributed by atoms with E-state index < -0.39 is 0 Å². The zero-order valence-electron chi connectivity index (χ0n) is 9.96. The molecule has 0 saturated carbocycles. The van der Waals surface area contributed by atoms with Gasteiger partial charge in [-0.2, -0.15) is 0 Å². The standard InChI is InChI=1S/C15H25/c1-3-5-7-9-11-13-15-14-12-10-8-6-4-2/h1,3-4,9,11H,2,5-8,10,12-15H2. The number of hydrogen-bond acceptors (Lipinski definition) is 0. The van der Waals surface area contributed by atoms with Crippen molar-refractivity contribution >= 4 is 0 Å². The van der Waals surface area contributed by atoms with E-state index in [1.165, 1.54) is 44.9 Å². The van der Waals surface area contributed by atoms with Crippen LogP contribution in [0.15, 0.2) is 30.9 Å². The van der Waals surface area contributed by atoms with Gasteiger partial charge < -0.3 is 0 Å². The third kappa shape index (κ3) is 13.2. The first kappa shape index (κ1) is 14.2. The van der Waals surface area contributed by atoms with E-state index in [-0.39, 0.29) is 0 Å². The minimum absolute atomic E-state index is 0.998. The van der Waals surface area contributed by atoms with Gasteiger partial charge in [0.1, 0.15) is 0 Å². The van der Waals surface area contributed by atoms with Crippen molar-refractivity contribution in [2.45, 2.75) is 57.8 Å². The predicted molar refractivity (Wildman–Crippen MR) is 69.8 cm³/mol. The Morgan fingerprint density at radius 3 is 2.00 bits per heavy atom. The molecule has 0 aliphatic rings. The van der Waals surface area contributed by atoms with E-state index in [1.54, 1.807) is 6.08 Å². The van der Waals surface area contributed by atoms with Crippen molar-refractivity contribution in [3.63, 3.8) is 0 Å². The van der Waals surface area contributed by atoms with Crippen LogP contribution in [0.3, 0.4) is 0 Å². The smallest absolute Gasteiger partial charge is 0.0313 e. The molecule has 0 aromatic heterocycles. The zero-order chi connectivity index (χ0) is 11.2. The summed E-state index contributed by atoms with van der Waals surface area (Å²) in [5.41, 5.74) is 0.